The molecular weight excluding hydrogens is 442 g/mol. The fraction of sp³-hybridized carbons (Fsp3) is 0.417. The maximum absolute atomic E-state index is 13.4. The average molecular weight is 472 g/mol. The summed E-state index contributed by atoms with van der Waals surface area (Å²) in [5.41, 5.74) is 3.45. The molecule has 33 heavy (non-hydrogen) atoms. The van der Waals surface area contributed by atoms with Gasteiger partial charge in [-0.15, -0.1) is 0 Å². The van der Waals surface area contributed by atoms with Gasteiger partial charge < -0.3 is 14.5 Å². The highest BCUT2D eigenvalue weighted by molar-refractivity contribution is 7.89. The quantitative estimate of drug-likeness (QED) is 0.684. The summed E-state index contributed by atoms with van der Waals surface area (Å²) in [6.45, 7) is 5.35. The molecular formula is C24H29N3O5S. The van der Waals surface area contributed by atoms with Crippen LogP contribution < -0.4 is 9.64 Å². The third kappa shape index (κ3) is 4.35. The molecule has 0 N–H and O–H groups in total. The third-order valence-electron chi connectivity index (χ3n) is 6.45. The molecule has 0 radical (unpaired) electrons. The van der Waals surface area contributed by atoms with E-state index in [0.717, 1.165) is 29.7 Å². The molecule has 0 aromatic heterocycles. The smallest absolute Gasteiger partial charge is 0.258 e. The predicted octanol–water partition coefficient (Wildman–Crippen LogP) is 2.45. The van der Waals surface area contributed by atoms with Crippen molar-refractivity contribution in [1.82, 2.24) is 9.21 Å². The van der Waals surface area contributed by atoms with Gasteiger partial charge in [-0.05, 0) is 61.2 Å². The number of ether oxygens (including phenoxy) is 1. The number of fused-ring (bicyclic) bond motifs is 1. The third-order valence-corrected chi connectivity index (χ3v) is 8.36. The van der Waals surface area contributed by atoms with E-state index in [-0.39, 0.29) is 29.8 Å². The van der Waals surface area contributed by atoms with Gasteiger partial charge in [-0.3, -0.25) is 9.59 Å². The van der Waals surface area contributed by atoms with E-state index < -0.39 is 10.0 Å². The van der Waals surface area contributed by atoms with Crippen LogP contribution in [0.25, 0.3) is 0 Å². The Morgan fingerprint density at radius 1 is 0.939 bits per heavy atom. The molecule has 8 nitrogen and oxygen atoms in total. The molecule has 0 atom stereocenters. The molecule has 2 aromatic rings. The van der Waals surface area contributed by atoms with Crippen molar-refractivity contribution in [3.8, 4) is 5.75 Å². The number of aryl methyl sites for hydroxylation is 1. The Morgan fingerprint density at radius 3 is 2.21 bits per heavy atom. The number of piperazine rings is 1. The number of methoxy groups -OCH3 is 1. The van der Waals surface area contributed by atoms with Crippen LogP contribution in [0.3, 0.4) is 0 Å². The van der Waals surface area contributed by atoms with Gasteiger partial charge in [0.2, 0.25) is 15.9 Å². The van der Waals surface area contributed by atoms with Gasteiger partial charge in [0.1, 0.15) is 5.75 Å². The van der Waals surface area contributed by atoms with Crippen molar-refractivity contribution in [2.75, 3.05) is 44.7 Å². The van der Waals surface area contributed by atoms with Gasteiger partial charge in [0.25, 0.3) is 5.91 Å². The fourth-order valence-corrected chi connectivity index (χ4v) is 5.96. The average Bonchev–Trinajstić information content (AvgIpc) is 2.84. The van der Waals surface area contributed by atoms with Crippen molar-refractivity contribution >= 4 is 27.5 Å². The number of nitrogens with zero attached hydrogens (tertiary/aromatic N) is 3. The SMILES string of the molecule is COc1ccc(C)c2c1N(C(=O)c1ccc(S(=O)(=O)N3CCN(C(C)=O)CC3)cc1)CCC2. The van der Waals surface area contributed by atoms with E-state index in [0.29, 0.717) is 30.9 Å². The van der Waals surface area contributed by atoms with Crippen LogP contribution in [0.1, 0.15) is 34.8 Å². The first-order valence-electron chi connectivity index (χ1n) is 11.1. The van der Waals surface area contributed by atoms with Gasteiger partial charge in [0.05, 0.1) is 17.7 Å². The molecule has 2 aliphatic rings. The van der Waals surface area contributed by atoms with Crippen LogP contribution in [-0.2, 0) is 21.2 Å². The summed E-state index contributed by atoms with van der Waals surface area (Å²) in [5.74, 6) is 0.424. The standard InChI is InChI=1S/C24H29N3O5S/c1-17-6-11-22(32-3)23-21(17)5-4-12-27(23)24(29)19-7-9-20(10-8-19)33(30,31)26-15-13-25(14-16-26)18(2)28/h6-11H,4-5,12-16H2,1-3H3. The van der Waals surface area contributed by atoms with Gasteiger partial charge in [-0.25, -0.2) is 8.42 Å². The topological polar surface area (TPSA) is 87.2 Å². The number of sulfonamides is 1. The molecule has 0 bridgehead atoms. The van der Waals surface area contributed by atoms with Crippen LogP contribution in [0.4, 0.5) is 5.69 Å². The Kier molecular flexibility index (Phi) is 6.45. The lowest BCUT2D eigenvalue weighted by Gasteiger charge is -2.33. The summed E-state index contributed by atoms with van der Waals surface area (Å²) in [4.78, 5) is 28.4. The van der Waals surface area contributed by atoms with Crippen LogP contribution in [0.5, 0.6) is 5.75 Å². The number of hydrogen-bond donors (Lipinski definition) is 0. The number of anilines is 1. The summed E-state index contributed by atoms with van der Waals surface area (Å²) in [7, 11) is -2.10. The van der Waals surface area contributed by atoms with E-state index in [1.807, 2.05) is 19.1 Å². The highest BCUT2D eigenvalue weighted by atomic mass is 32.2. The lowest BCUT2D eigenvalue weighted by molar-refractivity contribution is -0.129. The Labute approximate surface area is 194 Å². The highest BCUT2D eigenvalue weighted by Gasteiger charge is 2.31. The predicted molar refractivity (Wildman–Crippen MR) is 125 cm³/mol. The number of rotatable bonds is 4. The number of carbonyl (C=O) groups excluding carboxylic acids is 2. The molecule has 0 aliphatic carbocycles. The normalized spacial score (nSPS) is 16.9. The van der Waals surface area contributed by atoms with Crippen molar-refractivity contribution < 1.29 is 22.7 Å². The van der Waals surface area contributed by atoms with Crippen LogP contribution in [-0.4, -0.2) is 69.3 Å². The molecule has 176 valence electrons. The lowest BCUT2D eigenvalue weighted by Crippen LogP contribution is -2.49. The van der Waals surface area contributed by atoms with Gasteiger partial charge in [0, 0.05) is 45.2 Å². The molecule has 2 aromatic carbocycles. The fourth-order valence-electron chi connectivity index (χ4n) is 4.54. The summed E-state index contributed by atoms with van der Waals surface area (Å²) in [6, 6.07) is 9.98. The van der Waals surface area contributed by atoms with E-state index in [4.69, 9.17) is 4.74 Å². The Hall–Kier alpha value is -2.91. The summed E-state index contributed by atoms with van der Waals surface area (Å²) >= 11 is 0. The van der Waals surface area contributed by atoms with E-state index >= 15 is 0 Å². The van der Waals surface area contributed by atoms with Crippen LogP contribution in [0, 0.1) is 6.92 Å². The van der Waals surface area contributed by atoms with Crippen LogP contribution in [0.2, 0.25) is 0 Å². The monoisotopic (exact) mass is 471 g/mol. The molecule has 2 amide bonds. The largest absolute Gasteiger partial charge is 0.495 e. The first-order chi connectivity index (χ1) is 15.7. The molecule has 9 heteroatoms. The highest BCUT2D eigenvalue weighted by Crippen LogP contribution is 2.39. The summed E-state index contributed by atoms with van der Waals surface area (Å²) < 4.78 is 33.0. The van der Waals surface area contributed by atoms with Crippen LogP contribution >= 0.6 is 0 Å². The first kappa shape index (κ1) is 23.3. The second kappa shape index (κ2) is 9.15. The molecule has 4 rings (SSSR count). The molecule has 2 heterocycles. The minimum atomic E-state index is -3.69. The van der Waals surface area contributed by atoms with Crippen molar-refractivity contribution in [3.05, 3.63) is 53.1 Å². The zero-order chi connectivity index (χ0) is 23.8. The molecule has 0 spiro atoms. The summed E-state index contributed by atoms with van der Waals surface area (Å²) in [6.07, 6.45) is 1.74. The molecule has 2 aliphatic heterocycles. The Balaban J connectivity index is 1.56. The maximum Gasteiger partial charge on any atom is 0.258 e. The zero-order valence-electron chi connectivity index (χ0n) is 19.2. The van der Waals surface area contributed by atoms with Crippen molar-refractivity contribution in [2.45, 2.75) is 31.6 Å². The number of carbonyl (C=O) groups is 2. The zero-order valence-corrected chi connectivity index (χ0v) is 20.0. The Morgan fingerprint density at radius 2 is 1.61 bits per heavy atom. The van der Waals surface area contributed by atoms with Crippen molar-refractivity contribution in [2.24, 2.45) is 0 Å². The van der Waals surface area contributed by atoms with E-state index in [2.05, 4.69) is 0 Å². The first-order valence-corrected chi connectivity index (χ1v) is 12.5. The number of benzene rings is 2. The molecule has 1 saturated heterocycles. The lowest BCUT2D eigenvalue weighted by atomic mass is 9.95. The van der Waals surface area contributed by atoms with E-state index in [9.17, 15) is 18.0 Å². The molecule has 0 saturated carbocycles. The number of amides is 2. The molecule has 1 fully saturated rings. The minimum Gasteiger partial charge on any atom is -0.495 e. The Bertz CT molecular complexity index is 1170. The van der Waals surface area contributed by atoms with Crippen LogP contribution in [0.15, 0.2) is 41.3 Å². The second-order valence-electron chi connectivity index (χ2n) is 8.41. The van der Waals surface area contributed by atoms with Gasteiger partial charge in [0.15, 0.2) is 0 Å². The van der Waals surface area contributed by atoms with Crippen molar-refractivity contribution in [3.63, 3.8) is 0 Å². The van der Waals surface area contributed by atoms with Gasteiger partial charge in [-0.2, -0.15) is 4.31 Å². The second-order valence-corrected chi connectivity index (χ2v) is 10.3. The van der Waals surface area contributed by atoms with Gasteiger partial charge in [-0.1, -0.05) is 6.07 Å². The molecule has 0 unspecified atom stereocenters. The van der Waals surface area contributed by atoms with Crippen molar-refractivity contribution in [1.29, 1.82) is 0 Å². The summed E-state index contributed by atoms with van der Waals surface area (Å²) in [5, 5.41) is 0. The maximum atomic E-state index is 13.4. The number of hydrogen-bond acceptors (Lipinski definition) is 5. The minimum absolute atomic E-state index is 0.0546. The van der Waals surface area contributed by atoms with E-state index in [1.165, 1.54) is 23.4 Å². The van der Waals surface area contributed by atoms with Gasteiger partial charge >= 0.3 is 0 Å². The van der Waals surface area contributed by atoms with E-state index in [1.54, 1.807) is 29.0 Å².